The molecule has 0 aliphatic heterocycles. The zero-order valence-corrected chi connectivity index (χ0v) is 23.2. The Kier molecular flexibility index (Phi) is 10.5. The van der Waals surface area contributed by atoms with Gasteiger partial charge in [-0.2, -0.15) is 0 Å². The third kappa shape index (κ3) is 8.43. The highest BCUT2D eigenvalue weighted by Crippen LogP contribution is 2.38. The number of nitrogens with two attached hydrogens (primary N) is 1. The Hall–Kier alpha value is -2.24. The van der Waals surface area contributed by atoms with E-state index in [1.165, 1.54) is 11.1 Å². The highest BCUT2D eigenvalue weighted by Gasteiger charge is 2.26. The molecule has 2 N–H and O–H groups in total. The van der Waals surface area contributed by atoms with Crippen molar-refractivity contribution in [2.24, 2.45) is 10.9 Å². The van der Waals surface area contributed by atoms with Gasteiger partial charge in [-0.3, -0.25) is 0 Å². The van der Waals surface area contributed by atoms with Gasteiger partial charge < -0.3 is 15.3 Å². The van der Waals surface area contributed by atoms with Gasteiger partial charge in [0.2, 0.25) is 0 Å². The van der Waals surface area contributed by atoms with Crippen molar-refractivity contribution < 1.29 is 14.4 Å². The van der Waals surface area contributed by atoms with Crippen molar-refractivity contribution in [1.82, 2.24) is 0 Å². The molecule has 0 heterocycles. The summed E-state index contributed by atoms with van der Waals surface area (Å²) in [6.07, 6.45) is 2.98. The van der Waals surface area contributed by atoms with Crippen LogP contribution in [0.2, 0.25) is 10.0 Å². The van der Waals surface area contributed by atoms with Crippen LogP contribution in [-0.2, 0) is 26.9 Å². The van der Waals surface area contributed by atoms with Gasteiger partial charge in [0.1, 0.15) is 11.6 Å². The Morgan fingerprint density at radius 2 is 1.69 bits per heavy atom. The van der Waals surface area contributed by atoms with Crippen LogP contribution in [0.4, 0.5) is 0 Å². The van der Waals surface area contributed by atoms with E-state index < -0.39 is 5.97 Å². The molecule has 192 valence electrons. The van der Waals surface area contributed by atoms with Crippen molar-refractivity contribution in [2.45, 2.75) is 84.5 Å². The van der Waals surface area contributed by atoms with Crippen molar-refractivity contribution in [1.29, 1.82) is 0 Å². The monoisotopic (exact) mass is 520 g/mol. The van der Waals surface area contributed by atoms with Crippen LogP contribution in [0.5, 0.6) is 5.75 Å². The van der Waals surface area contributed by atoms with Gasteiger partial charge in [0.05, 0.1) is 13.0 Å². The number of rotatable bonds is 12. The number of amidine groups is 1. The van der Waals surface area contributed by atoms with Gasteiger partial charge in [-0.1, -0.05) is 88.1 Å². The highest BCUT2D eigenvalue weighted by molar-refractivity contribution is 6.35. The summed E-state index contributed by atoms with van der Waals surface area (Å²) in [4.78, 5) is 17.1. The fraction of sp³-hybridized carbons (Fsp3) is 0.500. The number of ether oxygens (including phenoxy) is 1. The van der Waals surface area contributed by atoms with E-state index in [0.29, 0.717) is 23.1 Å². The first-order valence-electron chi connectivity index (χ1n) is 12.1. The molecule has 2 aromatic carbocycles. The average Bonchev–Trinajstić information content (AvgIpc) is 2.82. The smallest absolute Gasteiger partial charge is 0.335 e. The van der Waals surface area contributed by atoms with Crippen molar-refractivity contribution in [3.05, 3.63) is 63.1 Å². The van der Waals surface area contributed by atoms with Crippen LogP contribution in [0.1, 0.15) is 83.9 Å². The van der Waals surface area contributed by atoms with Crippen LogP contribution in [0.15, 0.2) is 41.6 Å². The molecule has 0 saturated heterocycles. The Balaban J connectivity index is 1.92. The minimum absolute atomic E-state index is 0.0205. The number of hydrogen-bond acceptors (Lipinski definition) is 4. The topological polar surface area (TPSA) is 73.9 Å². The molecule has 5 nitrogen and oxygen atoms in total. The molecule has 0 aliphatic rings. The van der Waals surface area contributed by atoms with Gasteiger partial charge in [0.15, 0.2) is 0 Å². The fourth-order valence-corrected chi connectivity index (χ4v) is 3.92. The zero-order valence-electron chi connectivity index (χ0n) is 21.7. The number of benzene rings is 2. The maximum absolute atomic E-state index is 12.1. The van der Waals surface area contributed by atoms with Crippen LogP contribution in [0, 0.1) is 0 Å². The van der Waals surface area contributed by atoms with Gasteiger partial charge in [-0.05, 0) is 59.4 Å². The lowest BCUT2D eigenvalue weighted by Gasteiger charge is -2.30. The molecule has 0 amide bonds. The number of oxime groups is 1. The molecule has 0 spiro atoms. The highest BCUT2D eigenvalue weighted by atomic mass is 35.5. The molecule has 0 bridgehead atoms. The van der Waals surface area contributed by atoms with E-state index in [1.54, 1.807) is 18.2 Å². The van der Waals surface area contributed by atoms with Gasteiger partial charge in [-0.25, -0.2) is 4.79 Å². The summed E-state index contributed by atoms with van der Waals surface area (Å²) in [7, 11) is 0. The van der Waals surface area contributed by atoms with E-state index in [-0.39, 0.29) is 29.5 Å². The predicted octanol–water partition coefficient (Wildman–Crippen LogP) is 7.59. The van der Waals surface area contributed by atoms with Crippen molar-refractivity contribution in [2.75, 3.05) is 6.61 Å². The maximum Gasteiger partial charge on any atom is 0.335 e. The summed E-state index contributed by atoms with van der Waals surface area (Å²) >= 11 is 12.0. The summed E-state index contributed by atoms with van der Waals surface area (Å²) in [6, 6.07) is 11.6. The van der Waals surface area contributed by atoms with E-state index in [4.69, 9.17) is 38.5 Å². The molecule has 0 atom stereocenters. The number of nitrogens with zero attached hydrogens (tertiary/aromatic N) is 1. The number of carbonyl (C=O) groups is 1. The first-order chi connectivity index (χ1) is 16.4. The minimum atomic E-state index is -0.465. The van der Waals surface area contributed by atoms with Crippen LogP contribution in [-0.4, -0.2) is 18.4 Å². The number of hydrogen-bond donors (Lipinski definition) is 1. The van der Waals surface area contributed by atoms with Gasteiger partial charge >= 0.3 is 5.97 Å². The quantitative estimate of drug-likeness (QED) is 0.103. The summed E-state index contributed by atoms with van der Waals surface area (Å²) < 4.78 is 6.11. The second-order valence-corrected chi connectivity index (χ2v) is 10.9. The van der Waals surface area contributed by atoms with E-state index in [9.17, 15) is 4.79 Å². The van der Waals surface area contributed by atoms with Crippen molar-refractivity contribution in [3.63, 3.8) is 0 Å². The Bertz CT molecular complexity index is 1050. The third-order valence-corrected chi connectivity index (χ3v) is 7.28. The third-order valence-electron chi connectivity index (χ3n) is 6.69. The normalized spacial score (nSPS) is 12.5. The molecule has 7 heteroatoms. The lowest BCUT2D eigenvalue weighted by Crippen LogP contribution is -2.21. The molecule has 2 aromatic rings. The molecule has 0 aliphatic carbocycles. The Morgan fingerprint density at radius 3 is 2.31 bits per heavy atom. The lowest BCUT2D eigenvalue weighted by molar-refractivity contribution is -0.143. The zero-order chi connectivity index (χ0) is 26.2. The van der Waals surface area contributed by atoms with Crippen LogP contribution in [0.3, 0.4) is 0 Å². The molecule has 0 radical (unpaired) electrons. The molecule has 0 saturated carbocycles. The Labute approximate surface area is 220 Å². The molecule has 2 rings (SSSR count). The minimum Gasteiger partial charge on any atom is -0.493 e. The summed E-state index contributed by atoms with van der Waals surface area (Å²) in [5.74, 6) is 0.552. The van der Waals surface area contributed by atoms with Crippen LogP contribution < -0.4 is 10.5 Å². The van der Waals surface area contributed by atoms with E-state index in [2.05, 4.69) is 64.9 Å². The Morgan fingerprint density at radius 1 is 1.00 bits per heavy atom. The first kappa shape index (κ1) is 29.0. The SMILES string of the molecule is CCC(C)(C)c1ccc(OCCCC(=O)O/N=C(\N)Cc2ccc(Cl)cc2Cl)c(C(C)(C)CC)c1. The summed E-state index contributed by atoms with van der Waals surface area (Å²) in [5, 5.41) is 4.75. The average molecular weight is 522 g/mol. The van der Waals surface area contributed by atoms with E-state index >= 15 is 0 Å². The summed E-state index contributed by atoms with van der Waals surface area (Å²) in [6.45, 7) is 13.8. The van der Waals surface area contributed by atoms with Crippen LogP contribution in [0.25, 0.3) is 0 Å². The molecule has 0 unspecified atom stereocenters. The molecule has 0 aromatic heterocycles. The number of halogens is 2. The van der Waals surface area contributed by atoms with Crippen LogP contribution >= 0.6 is 23.2 Å². The fourth-order valence-electron chi connectivity index (χ4n) is 3.45. The summed E-state index contributed by atoms with van der Waals surface area (Å²) in [5.41, 5.74) is 9.20. The molecule has 35 heavy (non-hydrogen) atoms. The van der Waals surface area contributed by atoms with Crippen molar-refractivity contribution in [3.8, 4) is 5.75 Å². The van der Waals surface area contributed by atoms with E-state index in [1.807, 2.05) is 0 Å². The number of carbonyl (C=O) groups excluding carboxylic acids is 1. The molecular weight excluding hydrogens is 483 g/mol. The first-order valence-corrected chi connectivity index (χ1v) is 12.9. The second-order valence-electron chi connectivity index (χ2n) is 10.1. The largest absolute Gasteiger partial charge is 0.493 e. The van der Waals surface area contributed by atoms with Gasteiger partial charge in [0, 0.05) is 22.0 Å². The second kappa shape index (κ2) is 12.6. The van der Waals surface area contributed by atoms with Gasteiger partial charge in [0.25, 0.3) is 0 Å². The van der Waals surface area contributed by atoms with Gasteiger partial charge in [-0.15, -0.1) is 0 Å². The molecule has 0 fully saturated rings. The lowest BCUT2D eigenvalue weighted by atomic mass is 9.76. The molecular formula is C28H38Cl2N2O3. The predicted molar refractivity (Wildman–Crippen MR) is 146 cm³/mol. The van der Waals surface area contributed by atoms with E-state index in [0.717, 1.165) is 24.2 Å². The maximum atomic E-state index is 12.1. The standard InChI is InChI=1S/C28H38Cl2N2O3/c1-7-27(3,4)20-12-14-24(22(17-20)28(5,6)8-2)34-15-9-10-26(33)35-32-25(31)16-19-11-13-21(29)18-23(19)30/h11-14,17-18H,7-10,15-16H2,1-6H3,(H2,31,32). The van der Waals surface area contributed by atoms with Crippen molar-refractivity contribution >= 4 is 35.0 Å².